The van der Waals surface area contributed by atoms with E-state index in [1.807, 2.05) is 6.07 Å². The van der Waals surface area contributed by atoms with E-state index in [1.54, 1.807) is 11.3 Å². The summed E-state index contributed by atoms with van der Waals surface area (Å²) in [5.74, 6) is 0.188. The van der Waals surface area contributed by atoms with Crippen molar-refractivity contribution in [2.45, 2.75) is 44.7 Å². The van der Waals surface area contributed by atoms with Gasteiger partial charge in [0.05, 0.1) is 10.2 Å². The molecule has 1 amide bonds. The van der Waals surface area contributed by atoms with E-state index in [0.29, 0.717) is 0 Å². The number of piperazine rings is 1. The third kappa shape index (κ3) is 3.86. The first-order valence-corrected chi connectivity index (χ1v) is 11.8. The molecule has 3 aromatic rings. The van der Waals surface area contributed by atoms with Gasteiger partial charge < -0.3 is 9.47 Å². The van der Waals surface area contributed by atoms with Crippen LogP contribution in [-0.2, 0) is 6.54 Å². The van der Waals surface area contributed by atoms with Crippen LogP contribution in [-0.4, -0.2) is 52.5 Å². The average Bonchev–Trinajstić information content (AvgIpc) is 3.37. The molecule has 4 nitrogen and oxygen atoms in total. The highest BCUT2D eigenvalue weighted by molar-refractivity contribution is 7.17. The summed E-state index contributed by atoms with van der Waals surface area (Å²) in [6.45, 7) is 4.47. The fraction of sp³-hybridized carbons (Fsp3) is 0.458. The second kappa shape index (κ2) is 8.33. The molecule has 2 fully saturated rings. The van der Waals surface area contributed by atoms with Crippen LogP contribution < -0.4 is 0 Å². The SMILES string of the molecule is O=C(c1cc2sccc2n1Cc1ccccc1)N1CCN(C2CCCCC2)CC1. The monoisotopic (exact) mass is 407 g/mol. The Labute approximate surface area is 176 Å². The smallest absolute Gasteiger partial charge is 0.270 e. The predicted molar refractivity (Wildman–Crippen MR) is 120 cm³/mol. The third-order valence-electron chi connectivity index (χ3n) is 6.62. The molecule has 0 atom stereocenters. The fourth-order valence-electron chi connectivity index (χ4n) is 4.99. The molecule has 2 aromatic heterocycles. The van der Waals surface area contributed by atoms with Crippen molar-refractivity contribution in [3.8, 4) is 0 Å². The first kappa shape index (κ1) is 18.9. The molecule has 5 rings (SSSR count). The molecule has 152 valence electrons. The highest BCUT2D eigenvalue weighted by Crippen LogP contribution is 2.28. The Morgan fingerprint density at radius 2 is 1.72 bits per heavy atom. The quantitative estimate of drug-likeness (QED) is 0.619. The van der Waals surface area contributed by atoms with Crippen LogP contribution in [0, 0.1) is 0 Å². The molecule has 3 heterocycles. The van der Waals surface area contributed by atoms with E-state index >= 15 is 0 Å². The molecule has 2 aliphatic rings. The molecule has 0 unspecified atom stereocenters. The summed E-state index contributed by atoms with van der Waals surface area (Å²) in [5.41, 5.74) is 3.23. The topological polar surface area (TPSA) is 28.5 Å². The van der Waals surface area contributed by atoms with Crippen LogP contribution in [0.3, 0.4) is 0 Å². The number of carbonyl (C=O) groups is 1. The van der Waals surface area contributed by atoms with Crippen molar-refractivity contribution in [3.05, 3.63) is 59.1 Å². The highest BCUT2D eigenvalue weighted by Gasteiger charge is 2.29. The van der Waals surface area contributed by atoms with E-state index in [4.69, 9.17) is 0 Å². The van der Waals surface area contributed by atoms with Crippen molar-refractivity contribution in [1.29, 1.82) is 0 Å². The zero-order valence-corrected chi connectivity index (χ0v) is 17.7. The second-order valence-electron chi connectivity index (χ2n) is 8.39. The molecule has 1 aromatic carbocycles. The van der Waals surface area contributed by atoms with Crippen LogP contribution in [0.5, 0.6) is 0 Å². The summed E-state index contributed by atoms with van der Waals surface area (Å²) >= 11 is 1.72. The van der Waals surface area contributed by atoms with E-state index in [9.17, 15) is 4.79 Å². The van der Waals surface area contributed by atoms with Gasteiger partial charge in [0.25, 0.3) is 5.91 Å². The largest absolute Gasteiger partial charge is 0.335 e. The van der Waals surface area contributed by atoms with Gasteiger partial charge in [-0.3, -0.25) is 9.69 Å². The number of amides is 1. The number of nitrogens with zero attached hydrogens (tertiary/aromatic N) is 3. The Hall–Kier alpha value is -2.11. The van der Waals surface area contributed by atoms with E-state index in [2.05, 4.69) is 56.1 Å². The third-order valence-corrected chi connectivity index (χ3v) is 7.47. The van der Waals surface area contributed by atoms with Gasteiger partial charge >= 0.3 is 0 Å². The maximum absolute atomic E-state index is 13.5. The van der Waals surface area contributed by atoms with Crippen molar-refractivity contribution in [1.82, 2.24) is 14.4 Å². The lowest BCUT2D eigenvalue weighted by Gasteiger charge is -2.40. The van der Waals surface area contributed by atoms with Crippen molar-refractivity contribution in [2.75, 3.05) is 26.2 Å². The molecule has 1 saturated heterocycles. The number of benzene rings is 1. The minimum absolute atomic E-state index is 0.188. The normalized spacial score (nSPS) is 19.1. The van der Waals surface area contributed by atoms with Gasteiger partial charge in [-0.05, 0) is 35.9 Å². The number of aromatic nitrogens is 1. The van der Waals surface area contributed by atoms with E-state index < -0.39 is 0 Å². The Morgan fingerprint density at radius 1 is 0.966 bits per heavy atom. The minimum atomic E-state index is 0.188. The van der Waals surface area contributed by atoms with Gasteiger partial charge in [-0.15, -0.1) is 11.3 Å². The van der Waals surface area contributed by atoms with Crippen molar-refractivity contribution in [3.63, 3.8) is 0 Å². The summed E-state index contributed by atoms with van der Waals surface area (Å²) in [5, 5.41) is 2.11. The van der Waals surface area contributed by atoms with Gasteiger partial charge in [-0.2, -0.15) is 0 Å². The molecule has 0 spiro atoms. The van der Waals surface area contributed by atoms with Crippen LogP contribution in [0.15, 0.2) is 47.8 Å². The van der Waals surface area contributed by atoms with Gasteiger partial charge in [-0.1, -0.05) is 49.6 Å². The van der Waals surface area contributed by atoms with E-state index in [1.165, 1.54) is 47.9 Å². The molecular weight excluding hydrogens is 378 g/mol. The Morgan fingerprint density at radius 3 is 2.48 bits per heavy atom. The zero-order valence-electron chi connectivity index (χ0n) is 16.9. The lowest BCUT2D eigenvalue weighted by Crippen LogP contribution is -2.52. The number of hydrogen-bond acceptors (Lipinski definition) is 3. The number of carbonyl (C=O) groups excluding carboxylic acids is 1. The number of rotatable bonds is 4. The summed E-state index contributed by atoms with van der Waals surface area (Å²) in [7, 11) is 0. The molecular formula is C24H29N3OS. The standard InChI is InChI=1S/C24H29N3OS/c28-24(26-14-12-25(13-15-26)20-9-5-2-6-10-20)22-17-23-21(11-16-29-23)27(22)18-19-7-3-1-4-8-19/h1,3-4,7-8,11,16-17,20H,2,5-6,9-10,12-15,18H2. The van der Waals surface area contributed by atoms with Crippen molar-refractivity contribution < 1.29 is 4.79 Å². The first-order chi connectivity index (χ1) is 14.3. The van der Waals surface area contributed by atoms with E-state index in [0.717, 1.165) is 44.5 Å². The summed E-state index contributed by atoms with van der Waals surface area (Å²) < 4.78 is 3.40. The maximum atomic E-state index is 13.5. The Kier molecular flexibility index (Phi) is 5.42. The van der Waals surface area contributed by atoms with Gasteiger partial charge in [0, 0.05) is 38.8 Å². The van der Waals surface area contributed by atoms with Gasteiger partial charge in [0.15, 0.2) is 0 Å². The lowest BCUT2D eigenvalue weighted by atomic mass is 9.94. The first-order valence-electron chi connectivity index (χ1n) is 10.9. The van der Waals surface area contributed by atoms with Gasteiger partial charge in [0.1, 0.15) is 5.69 Å². The summed E-state index contributed by atoms with van der Waals surface area (Å²) in [4.78, 5) is 18.2. The Balaban J connectivity index is 1.33. The fourth-order valence-corrected chi connectivity index (χ4v) is 5.81. The Bertz CT molecular complexity index is 963. The highest BCUT2D eigenvalue weighted by atomic mass is 32.1. The van der Waals surface area contributed by atoms with Crippen molar-refractivity contribution >= 4 is 27.5 Å². The minimum Gasteiger partial charge on any atom is -0.335 e. The molecule has 0 N–H and O–H groups in total. The lowest BCUT2D eigenvalue weighted by molar-refractivity contribution is 0.0515. The van der Waals surface area contributed by atoms with Gasteiger partial charge in [-0.25, -0.2) is 0 Å². The number of thiophene rings is 1. The maximum Gasteiger partial charge on any atom is 0.270 e. The van der Waals surface area contributed by atoms with Gasteiger partial charge in [0.2, 0.25) is 0 Å². The number of fused-ring (bicyclic) bond motifs is 1. The molecule has 1 saturated carbocycles. The molecule has 0 radical (unpaired) electrons. The molecule has 1 aliphatic heterocycles. The summed E-state index contributed by atoms with van der Waals surface area (Å²) in [6.07, 6.45) is 6.81. The molecule has 5 heteroatoms. The zero-order chi connectivity index (χ0) is 19.6. The summed E-state index contributed by atoms with van der Waals surface area (Å²) in [6, 6.07) is 15.4. The molecule has 0 bridgehead atoms. The van der Waals surface area contributed by atoms with E-state index in [-0.39, 0.29) is 5.91 Å². The number of hydrogen-bond donors (Lipinski definition) is 0. The average molecular weight is 408 g/mol. The second-order valence-corrected chi connectivity index (χ2v) is 9.34. The van der Waals surface area contributed by atoms with Crippen LogP contribution in [0.25, 0.3) is 10.2 Å². The molecule has 29 heavy (non-hydrogen) atoms. The van der Waals surface area contributed by atoms with Crippen molar-refractivity contribution in [2.24, 2.45) is 0 Å². The van der Waals surface area contributed by atoms with Crippen LogP contribution in [0.4, 0.5) is 0 Å². The van der Waals surface area contributed by atoms with Crippen LogP contribution in [0.1, 0.15) is 48.2 Å². The van der Waals surface area contributed by atoms with Crippen LogP contribution >= 0.6 is 11.3 Å². The molecule has 1 aliphatic carbocycles. The van der Waals surface area contributed by atoms with Crippen LogP contribution in [0.2, 0.25) is 0 Å². The predicted octanol–water partition coefficient (Wildman–Crippen LogP) is 4.84.